The molecule has 110 valence electrons. The number of nitrogens with one attached hydrogen (secondary N) is 1. The van der Waals surface area contributed by atoms with Crippen LogP contribution in [0.4, 0.5) is 11.4 Å². The number of nitrogens with two attached hydrogens (primary N) is 1. The molecule has 0 bridgehead atoms. The molecule has 0 aliphatic rings. The number of methoxy groups -OCH3 is 1. The highest BCUT2D eigenvalue weighted by atomic mass is 16.5. The number of ether oxygens (including phenoxy) is 2. The highest BCUT2D eigenvalue weighted by molar-refractivity contribution is 6.06. The molecule has 0 aliphatic heterocycles. The number of nitrogen functional groups attached to an aromatic ring is 1. The number of amides is 1. The number of carbonyl (C=O) groups excluding carboxylic acids is 1. The summed E-state index contributed by atoms with van der Waals surface area (Å²) in [6, 6.07) is 12.1. The van der Waals surface area contributed by atoms with Crippen molar-refractivity contribution < 1.29 is 14.3 Å². The predicted molar refractivity (Wildman–Crippen MR) is 83.0 cm³/mol. The lowest BCUT2D eigenvalue weighted by Gasteiger charge is -2.11. The van der Waals surface area contributed by atoms with E-state index in [-0.39, 0.29) is 5.91 Å². The van der Waals surface area contributed by atoms with Crippen molar-refractivity contribution in [2.75, 3.05) is 24.8 Å². The van der Waals surface area contributed by atoms with Crippen LogP contribution in [0.3, 0.4) is 0 Å². The molecule has 1 amide bonds. The summed E-state index contributed by atoms with van der Waals surface area (Å²) >= 11 is 0. The molecule has 5 nitrogen and oxygen atoms in total. The number of hydrogen-bond donors (Lipinski definition) is 2. The van der Waals surface area contributed by atoms with Gasteiger partial charge in [-0.25, -0.2) is 0 Å². The van der Waals surface area contributed by atoms with Gasteiger partial charge in [-0.15, -0.1) is 0 Å². The normalized spacial score (nSPS) is 10.0. The van der Waals surface area contributed by atoms with Crippen molar-refractivity contribution in [1.82, 2.24) is 0 Å². The van der Waals surface area contributed by atoms with Gasteiger partial charge < -0.3 is 20.5 Å². The second-order valence-corrected chi connectivity index (χ2v) is 4.37. The molecular formula is C16H18N2O3. The highest BCUT2D eigenvalue weighted by Gasteiger charge is 2.13. The quantitative estimate of drug-likeness (QED) is 0.829. The highest BCUT2D eigenvalue weighted by Crippen LogP contribution is 2.23. The third kappa shape index (κ3) is 3.66. The van der Waals surface area contributed by atoms with Crippen molar-refractivity contribution in [3.8, 4) is 11.5 Å². The van der Waals surface area contributed by atoms with Crippen molar-refractivity contribution in [3.05, 3.63) is 48.0 Å². The van der Waals surface area contributed by atoms with Gasteiger partial charge in [0.1, 0.15) is 11.5 Å². The van der Waals surface area contributed by atoms with Crippen LogP contribution in [0.1, 0.15) is 17.3 Å². The molecule has 0 fully saturated rings. The van der Waals surface area contributed by atoms with Gasteiger partial charge in [-0.3, -0.25) is 4.79 Å². The lowest BCUT2D eigenvalue weighted by atomic mass is 10.1. The van der Waals surface area contributed by atoms with E-state index in [0.717, 1.165) is 0 Å². The maximum Gasteiger partial charge on any atom is 0.259 e. The molecular weight excluding hydrogens is 268 g/mol. The van der Waals surface area contributed by atoms with Crippen molar-refractivity contribution in [1.29, 1.82) is 0 Å². The summed E-state index contributed by atoms with van der Waals surface area (Å²) in [5.41, 5.74) is 7.26. The second kappa shape index (κ2) is 6.65. The van der Waals surface area contributed by atoms with Crippen LogP contribution in [0.15, 0.2) is 42.5 Å². The van der Waals surface area contributed by atoms with E-state index in [1.165, 1.54) is 7.11 Å². The molecule has 0 atom stereocenters. The third-order valence-corrected chi connectivity index (χ3v) is 2.87. The summed E-state index contributed by atoms with van der Waals surface area (Å²) in [6.45, 7) is 2.48. The number of anilines is 2. The Labute approximate surface area is 123 Å². The summed E-state index contributed by atoms with van der Waals surface area (Å²) in [4.78, 5) is 12.3. The topological polar surface area (TPSA) is 73.6 Å². The number of benzene rings is 2. The summed E-state index contributed by atoms with van der Waals surface area (Å²) in [6.07, 6.45) is 0. The first kappa shape index (κ1) is 14.7. The lowest BCUT2D eigenvalue weighted by Crippen LogP contribution is -2.13. The van der Waals surface area contributed by atoms with Crippen molar-refractivity contribution in [2.24, 2.45) is 0 Å². The average molecular weight is 286 g/mol. The zero-order chi connectivity index (χ0) is 15.2. The molecule has 3 N–H and O–H groups in total. The summed E-state index contributed by atoms with van der Waals surface area (Å²) in [5.74, 6) is 0.894. The van der Waals surface area contributed by atoms with Crippen LogP contribution >= 0.6 is 0 Å². The largest absolute Gasteiger partial charge is 0.496 e. The molecule has 2 aromatic carbocycles. The van der Waals surface area contributed by atoms with Crippen LogP contribution < -0.4 is 20.5 Å². The monoisotopic (exact) mass is 286 g/mol. The Bertz CT molecular complexity index is 641. The standard InChI is InChI=1S/C16H18N2O3/c1-3-21-13-6-4-5-12(10-13)18-16(19)14-9-11(17)7-8-15(14)20-2/h4-10H,3,17H2,1-2H3,(H,18,19). The molecule has 2 aromatic rings. The van der Waals surface area contributed by atoms with E-state index in [2.05, 4.69) is 5.32 Å². The van der Waals surface area contributed by atoms with Crippen molar-refractivity contribution in [3.63, 3.8) is 0 Å². The molecule has 0 saturated carbocycles. The Kier molecular flexibility index (Phi) is 4.66. The predicted octanol–water partition coefficient (Wildman–Crippen LogP) is 2.93. The van der Waals surface area contributed by atoms with Gasteiger partial charge in [-0.05, 0) is 37.3 Å². The minimum absolute atomic E-state index is 0.284. The Morgan fingerprint density at radius 2 is 2.05 bits per heavy atom. The molecule has 5 heteroatoms. The van der Waals surface area contributed by atoms with E-state index < -0.39 is 0 Å². The molecule has 0 aromatic heterocycles. The maximum absolute atomic E-state index is 12.3. The molecule has 2 rings (SSSR count). The minimum atomic E-state index is -0.284. The van der Waals surface area contributed by atoms with Crippen molar-refractivity contribution in [2.45, 2.75) is 6.92 Å². The second-order valence-electron chi connectivity index (χ2n) is 4.37. The number of carbonyl (C=O) groups is 1. The molecule has 0 unspecified atom stereocenters. The molecule has 0 saturated heterocycles. The summed E-state index contributed by atoms with van der Waals surface area (Å²) in [7, 11) is 1.51. The lowest BCUT2D eigenvalue weighted by molar-refractivity contribution is 0.102. The molecule has 0 aliphatic carbocycles. The fourth-order valence-electron chi connectivity index (χ4n) is 1.93. The Morgan fingerprint density at radius 1 is 1.24 bits per heavy atom. The Morgan fingerprint density at radius 3 is 2.76 bits per heavy atom. The zero-order valence-corrected chi connectivity index (χ0v) is 12.1. The Balaban J connectivity index is 2.21. The van der Waals surface area contributed by atoms with E-state index in [1.54, 1.807) is 30.3 Å². The maximum atomic E-state index is 12.3. The third-order valence-electron chi connectivity index (χ3n) is 2.87. The van der Waals surface area contributed by atoms with Crippen molar-refractivity contribution >= 4 is 17.3 Å². The van der Waals surface area contributed by atoms with Crippen LogP contribution in [0, 0.1) is 0 Å². The van der Waals surface area contributed by atoms with Crippen LogP contribution in [0.2, 0.25) is 0 Å². The molecule has 21 heavy (non-hydrogen) atoms. The van der Waals surface area contributed by atoms with E-state index in [9.17, 15) is 4.79 Å². The fourth-order valence-corrected chi connectivity index (χ4v) is 1.93. The van der Waals surface area contributed by atoms with E-state index in [1.807, 2.05) is 19.1 Å². The minimum Gasteiger partial charge on any atom is -0.496 e. The first-order chi connectivity index (χ1) is 10.1. The van der Waals surface area contributed by atoms with Crippen LogP contribution in [-0.2, 0) is 0 Å². The number of hydrogen-bond acceptors (Lipinski definition) is 4. The van der Waals surface area contributed by atoms with Gasteiger partial charge >= 0.3 is 0 Å². The van der Waals surface area contributed by atoms with Gasteiger partial charge in [-0.2, -0.15) is 0 Å². The SMILES string of the molecule is CCOc1cccc(NC(=O)c2cc(N)ccc2OC)c1. The van der Waals surface area contributed by atoms with Gasteiger partial charge in [0.05, 0.1) is 19.3 Å². The van der Waals surface area contributed by atoms with E-state index >= 15 is 0 Å². The van der Waals surface area contributed by atoms with Gasteiger partial charge in [-0.1, -0.05) is 6.07 Å². The number of rotatable bonds is 5. The summed E-state index contributed by atoms with van der Waals surface area (Å²) < 4.78 is 10.6. The molecule has 0 radical (unpaired) electrons. The average Bonchev–Trinajstić information content (AvgIpc) is 2.48. The summed E-state index contributed by atoms with van der Waals surface area (Å²) in [5, 5.41) is 2.80. The zero-order valence-electron chi connectivity index (χ0n) is 12.1. The fraction of sp³-hybridized carbons (Fsp3) is 0.188. The van der Waals surface area contributed by atoms with Crippen LogP contribution in [0.25, 0.3) is 0 Å². The van der Waals surface area contributed by atoms with Crippen LogP contribution in [0.5, 0.6) is 11.5 Å². The van der Waals surface area contributed by atoms with E-state index in [4.69, 9.17) is 15.2 Å². The van der Waals surface area contributed by atoms with Crippen LogP contribution in [-0.4, -0.2) is 19.6 Å². The molecule has 0 spiro atoms. The van der Waals surface area contributed by atoms with Gasteiger partial charge in [0.15, 0.2) is 0 Å². The van der Waals surface area contributed by atoms with Gasteiger partial charge in [0, 0.05) is 17.4 Å². The van der Waals surface area contributed by atoms with Gasteiger partial charge in [0.2, 0.25) is 0 Å². The van der Waals surface area contributed by atoms with Gasteiger partial charge in [0.25, 0.3) is 5.91 Å². The smallest absolute Gasteiger partial charge is 0.259 e. The molecule has 0 heterocycles. The Hall–Kier alpha value is -2.69. The van der Waals surface area contributed by atoms with E-state index in [0.29, 0.717) is 35.0 Å². The first-order valence-corrected chi connectivity index (χ1v) is 6.61. The first-order valence-electron chi connectivity index (χ1n) is 6.61.